The van der Waals surface area contributed by atoms with Crippen LogP contribution in [-0.2, 0) is 0 Å². The van der Waals surface area contributed by atoms with Crippen LogP contribution in [0.25, 0.3) is 0 Å². The molecular formula is C14H14BrN. The predicted molar refractivity (Wildman–Crippen MR) is 72.6 cm³/mol. The van der Waals surface area contributed by atoms with Crippen LogP contribution in [0.15, 0.2) is 59.1 Å². The fourth-order valence-electron chi connectivity index (χ4n) is 1.64. The molecule has 1 N–H and O–H groups in total. The van der Waals surface area contributed by atoms with E-state index in [0.717, 1.165) is 10.2 Å². The zero-order valence-electron chi connectivity index (χ0n) is 9.15. The van der Waals surface area contributed by atoms with Gasteiger partial charge in [0.15, 0.2) is 0 Å². The normalized spacial score (nSPS) is 12.1. The lowest BCUT2D eigenvalue weighted by Gasteiger charge is -2.15. The Balaban J connectivity index is 2.12. The molecule has 0 spiro atoms. The summed E-state index contributed by atoms with van der Waals surface area (Å²) < 4.78 is 1.12. The van der Waals surface area contributed by atoms with Gasteiger partial charge in [0.05, 0.1) is 0 Å². The summed E-state index contributed by atoms with van der Waals surface area (Å²) in [5.41, 5.74) is 2.42. The van der Waals surface area contributed by atoms with Crippen molar-refractivity contribution in [2.75, 3.05) is 5.32 Å². The van der Waals surface area contributed by atoms with Gasteiger partial charge in [0.2, 0.25) is 0 Å². The molecule has 0 saturated carbocycles. The van der Waals surface area contributed by atoms with Gasteiger partial charge >= 0.3 is 0 Å². The largest absolute Gasteiger partial charge is 0.379 e. The van der Waals surface area contributed by atoms with E-state index in [1.165, 1.54) is 5.56 Å². The van der Waals surface area contributed by atoms with E-state index in [9.17, 15) is 0 Å². The highest BCUT2D eigenvalue weighted by Crippen LogP contribution is 2.21. The molecule has 0 unspecified atom stereocenters. The summed E-state index contributed by atoms with van der Waals surface area (Å²) in [7, 11) is 0. The van der Waals surface area contributed by atoms with Crippen LogP contribution < -0.4 is 5.32 Å². The van der Waals surface area contributed by atoms with E-state index in [1.807, 2.05) is 24.3 Å². The fourth-order valence-corrected chi connectivity index (χ4v) is 2.06. The van der Waals surface area contributed by atoms with Gasteiger partial charge in [0.25, 0.3) is 0 Å². The van der Waals surface area contributed by atoms with Gasteiger partial charge in [0, 0.05) is 16.2 Å². The number of para-hydroxylation sites is 1. The third-order valence-electron chi connectivity index (χ3n) is 2.51. The van der Waals surface area contributed by atoms with Crippen molar-refractivity contribution < 1.29 is 0 Å². The molecule has 2 aromatic rings. The highest BCUT2D eigenvalue weighted by Gasteiger charge is 2.04. The number of nitrogens with one attached hydrogen (secondary N) is 1. The predicted octanol–water partition coefficient (Wildman–Crippen LogP) is 4.62. The second kappa shape index (κ2) is 5.17. The lowest BCUT2D eigenvalue weighted by atomic mass is 10.1. The van der Waals surface area contributed by atoms with Crippen molar-refractivity contribution in [1.82, 2.24) is 0 Å². The number of anilines is 1. The van der Waals surface area contributed by atoms with Crippen molar-refractivity contribution in [2.24, 2.45) is 0 Å². The van der Waals surface area contributed by atoms with Gasteiger partial charge in [-0.1, -0.05) is 46.3 Å². The van der Waals surface area contributed by atoms with Crippen LogP contribution >= 0.6 is 15.9 Å². The van der Waals surface area contributed by atoms with Crippen LogP contribution in [0, 0.1) is 0 Å². The van der Waals surface area contributed by atoms with E-state index < -0.39 is 0 Å². The van der Waals surface area contributed by atoms with Gasteiger partial charge in [-0.3, -0.25) is 0 Å². The van der Waals surface area contributed by atoms with E-state index in [1.54, 1.807) is 0 Å². The Bertz CT molecular complexity index is 453. The summed E-state index contributed by atoms with van der Waals surface area (Å²) >= 11 is 3.49. The molecule has 0 heterocycles. The smallest absolute Gasteiger partial charge is 0.0486 e. The van der Waals surface area contributed by atoms with Crippen molar-refractivity contribution >= 4 is 21.6 Å². The lowest BCUT2D eigenvalue weighted by molar-refractivity contribution is 0.884. The fraction of sp³-hybridized carbons (Fsp3) is 0.143. The Kier molecular flexibility index (Phi) is 3.62. The maximum absolute atomic E-state index is 3.49. The summed E-state index contributed by atoms with van der Waals surface area (Å²) in [6, 6.07) is 18.9. The SMILES string of the molecule is C[C@H](Nc1ccccc1)c1cccc(Br)c1. The molecule has 0 aliphatic heterocycles. The molecule has 2 aromatic carbocycles. The Morgan fingerprint density at radius 3 is 2.44 bits per heavy atom. The molecule has 2 rings (SSSR count). The van der Waals surface area contributed by atoms with Gasteiger partial charge in [-0.25, -0.2) is 0 Å². The Morgan fingerprint density at radius 2 is 1.75 bits per heavy atom. The molecular weight excluding hydrogens is 262 g/mol. The summed E-state index contributed by atoms with van der Waals surface area (Å²) in [5, 5.41) is 3.46. The van der Waals surface area contributed by atoms with Gasteiger partial charge in [-0.2, -0.15) is 0 Å². The van der Waals surface area contributed by atoms with E-state index in [-0.39, 0.29) is 0 Å². The molecule has 0 aromatic heterocycles. The molecule has 0 fully saturated rings. The average Bonchev–Trinajstić information content (AvgIpc) is 2.30. The van der Waals surface area contributed by atoms with Gasteiger partial charge in [-0.05, 0) is 36.8 Å². The summed E-state index contributed by atoms with van der Waals surface area (Å²) in [6.07, 6.45) is 0. The van der Waals surface area contributed by atoms with E-state index in [2.05, 4.69) is 58.5 Å². The van der Waals surface area contributed by atoms with E-state index >= 15 is 0 Å². The average molecular weight is 276 g/mol. The van der Waals surface area contributed by atoms with E-state index in [4.69, 9.17) is 0 Å². The first-order valence-corrected chi connectivity index (χ1v) is 6.12. The minimum absolute atomic E-state index is 0.305. The number of halogens is 1. The third-order valence-corrected chi connectivity index (χ3v) is 3.00. The van der Waals surface area contributed by atoms with Crippen molar-refractivity contribution in [1.29, 1.82) is 0 Å². The molecule has 16 heavy (non-hydrogen) atoms. The minimum Gasteiger partial charge on any atom is -0.379 e. The minimum atomic E-state index is 0.305. The Labute approximate surface area is 105 Å². The standard InChI is InChI=1S/C14H14BrN/c1-11(12-6-5-7-13(15)10-12)16-14-8-3-2-4-9-14/h2-11,16H,1H3/t11-/m0/s1. The molecule has 2 heteroatoms. The molecule has 0 radical (unpaired) electrons. The van der Waals surface area contributed by atoms with Crippen LogP contribution in [-0.4, -0.2) is 0 Å². The summed E-state index contributed by atoms with van der Waals surface area (Å²) in [4.78, 5) is 0. The lowest BCUT2D eigenvalue weighted by Crippen LogP contribution is -2.06. The maximum Gasteiger partial charge on any atom is 0.0486 e. The zero-order valence-corrected chi connectivity index (χ0v) is 10.7. The van der Waals surface area contributed by atoms with Gasteiger partial charge < -0.3 is 5.32 Å². The molecule has 0 bridgehead atoms. The van der Waals surface area contributed by atoms with Crippen LogP contribution in [0.2, 0.25) is 0 Å². The molecule has 1 atom stereocenters. The first-order chi connectivity index (χ1) is 7.75. The van der Waals surface area contributed by atoms with Crippen LogP contribution in [0.1, 0.15) is 18.5 Å². The quantitative estimate of drug-likeness (QED) is 0.862. The number of benzene rings is 2. The zero-order chi connectivity index (χ0) is 11.4. The molecule has 0 aliphatic rings. The maximum atomic E-state index is 3.49. The number of rotatable bonds is 3. The number of hydrogen-bond acceptors (Lipinski definition) is 1. The Morgan fingerprint density at radius 1 is 1.00 bits per heavy atom. The molecule has 82 valence electrons. The topological polar surface area (TPSA) is 12.0 Å². The summed E-state index contributed by atoms with van der Waals surface area (Å²) in [6.45, 7) is 2.16. The highest BCUT2D eigenvalue weighted by atomic mass is 79.9. The molecule has 0 saturated heterocycles. The molecule has 1 nitrogen and oxygen atoms in total. The summed E-state index contributed by atoms with van der Waals surface area (Å²) in [5.74, 6) is 0. The first-order valence-electron chi connectivity index (χ1n) is 5.33. The van der Waals surface area contributed by atoms with Crippen molar-refractivity contribution in [3.05, 3.63) is 64.6 Å². The van der Waals surface area contributed by atoms with Gasteiger partial charge in [-0.15, -0.1) is 0 Å². The number of hydrogen-bond donors (Lipinski definition) is 1. The third kappa shape index (κ3) is 2.86. The monoisotopic (exact) mass is 275 g/mol. The van der Waals surface area contributed by atoms with Gasteiger partial charge in [0.1, 0.15) is 0 Å². The second-order valence-electron chi connectivity index (χ2n) is 3.79. The van der Waals surface area contributed by atoms with Crippen LogP contribution in [0.4, 0.5) is 5.69 Å². The van der Waals surface area contributed by atoms with Crippen molar-refractivity contribution in [2.45, 2.75) is 13.0 Å². The highest BCUT2D eigenvalue weighted by molar-refractivity contribution is 9.10. The second-order valence-corrected chi connectivity index (χ2v) is 4.70. The van der Waals surface area contributed by atoms with E-state index in [0.29, 0.717) is 6.04 Å². The molecule has 0 amide bonds. The Hall–Kier alpha value is -1.28. The van der Waals surface area contributed by atoms with Crippen LogP contribution in [0.5, 0.6) is 0 Å². The van der Waals surface area contributed by atoms with Crippen LogP contribution in [0.3, 0.4) is 0 Å². The van der Waals surface area contributed by atoms with Crippen molar-refractivity contribution in [3.8, 4) is 0 Å². The van der Waals surface area contributed by atoms with Crippen molar-refractivity contribution in [3.63, 3.8) is 0 Å². The first kappa shape index (κ1) is 11.2. The molecule has 0 aliphatic carbocycles.